The van der Waals surface area contributed by atoms with E-state index in [0.717, 1.165) is 42.3 Å². The number of carbonyl (C=O) groups excluding carboxylic acids is 1. The van der Waals surface area contributed by atoms with Gasteiger partial charge < -0.3 is 25.4 Å². The summed E-state index contributed by atoms with van der Waals surface area (Å²) in [5, 5.41) is 2.89. The fraction of sp³-hybridized carbons (Fsp3) is 0.208. The molecule has 0 saturated carbocycles. The summed E-state index contributed by atoms with van der Waals surface area (Å²) in [4.78, 5) is 15.0. The van der Waals surface area contributed by atoms with E-state index in [1.165, 1.54) is 5.56 Å². The maximum Gasteiger partial charge on any atom is 0.255 e. The van der Waals surface area contributed by atoms with Crippen molar-refractivity contribution in [3.8, 4) is 11.5 Å². The minimum Gasteiger partial charge on any atom is -0.493 e. The van der Waals surface area contributed by atoms with Crippen LogP contribution in [-0.4, -0.2) is 26.7 Å². The van der Waals surface area contributed by atoms with Crippen LogP contribution in [0.4, 0.5) is 17.1 Å². The van der Waals surface area contributed by atoms with E-state index in [-0.39, 0.29) is 5.91 Å². The number of fused-ring (bicyclic) bond motifs is 1. The molecule has 1 heterocycles. The monoisotopic (exact) mass is 403 g/mol. The lowest BCUT2D eigenvalue weighted by Gasteiger charge is -2.20. The smallest absolute Gasteiger partial charge is 0.255 e. The van der Waals surface area contributed by atoms with Crippen molar-refractivity contribution in [2.75, 3.05) is 36.7 Å². The quantitative estimate of drug-likeness (QED) is 0.606. The van der Waals surface area contributed by atoms with Gasteiger partial charge in [0.2, 0.25) is 0 Å². The molecule has 3 aromatic rings. The van der Waals surface area contributed by atoms with E-state index < -0.39 is 0 Å². The van der Waals surface area contributed by atoms with Crippen molar-refractivity contribution in [3.05, 3.63) is 77.4 Å². The van der Waals surface area contributed by atoms with Crippen LogP contribution in [0.5, 0.6) is 11.5 Å². The summed E-state index contributed by atoms with van der Waals surface area (Å²) in [7, 11) is 3.27. The number of amides is 1. The standard InChI is InChI=1S/C24H25N3O3/c1-29-22-10-7-16(13-23(22)30-2)15-27-12-11-17-14-18(8-9-21(17)27)24(28)26-20-6-4-3-5-19(20)25/h3-10,13-14H,11-12,15,25H2,1-2H3,(H,26,28). The number of methoxy groups -OCH3 is 2. The molecule has 0 atom stereocenters. The third-order valence-electron chi connectivity index (χ3n) is 5.36. The van der Waals surface area contributed by atoms with Gasteiger partial charge in [0.15, 0.2) is 11.5 Å². The number of nitrogens with zero attached hydrogens (tertiary/aromatic N) is 1. The number of hydrogen-bond acceptors (Lipinski definition) is 5. The zero-order chi connectivity index (χ0) is 21.1. The first-order valence-corrected chi connectivity index (χ1v) is 9.83. The molecule has 3 N–H and O–H groups in total. The van der Waals surface area contributed by atoms with Crippen LogP contribution < -0.4 is 25.4 Å². The molecule has 0 unspecified atom stereocenters. The van der Waals surface area contributed by atoms with E-state index in [1.807, 2.05) is 48.5 Å². The average molecular weight is 403 g/mol. The summed E-state index contributed by atoms with van der Waals surface area (Å²) in [5.74, 6) is 1.29. The molecule has 0 aromatic heterocycles. The SMILES string of the molecule is COc1ccc(CN2CCc3cc(C(=O)Nc4ccccc4N)ccc32)cc1OC. The average Bonchev–Trinajstić information content (AvgIpc) is 3.17. The molecule has 0 aliphatic carbocycles. The van der Waals surface area contributed by atoms with E-state index >= 15 is 0 Å². The topological polar surface area (TPSA) is 76.8 Å². The van der Waals surface area contributed by atoms with Crippen LogP contribution in [0.15, 0.2) is 60.7 Å². The van der Waals surface area contributed by atoms with E-state index in [4.69, 9.17) is 15.2 Å². The molecule has 6 heteroatoms. The minimum atomic E-state index is -0.158. The van der Waals surface area contributed by atoms with Gasteiger partial charge in [0, 0.05) is 24.3 Å². The molecule has 6 nitrogen and oxygen atoms in total. The summed E-state index contributed by atoms with van der Waals surface area (Å²) in [6.45, 7) is 1.67. The summed E-state index contributed by atoms with van der Waals surface area (Å²) < 4.78 is 10.7. The Labute approximate surface area is 176 Å². The van der Waals surface area contributed by atoms with E-state index in [9.17, 15) is 4.79 Å². The van der Waals surface area contributed by atoms with Gasteiger partial charge in [-0.05, 0) is 60.0 Å². The molecule has 1 aliphatic rings. The predicted octanol–water partition coefficient (Wildman–Crippen LogP) is 4.10. The first kappa shape index (κ1) is 19.6. The van der Waals surface area contributed by atoms with Crippen molar-refractivity contribution in [1.82, 2.24) is 0 Å². The Bertz CT molecular complexity index is 1080. The van der Waals surface area contributed by atoms with Crippen LogP contribution in [0.2, 0.25) is 0 Å². The highest BCUT2D eigenvalue weighted by molar-refractivity contribution is 6.06. The highest BCUT2D eigenvalue weighted by Gasteiger charge is 2.21. The number of nitrogens with two attached hydrogens (primary N) is 1. The summed E-state index contributed by atoms with van der Waals surface area (Å²) in [6, 6.07) is 19.1. The number of carbonyl (C=O) groups is 1. The number of nitrogen functional groups attached to an aromatic ring is 1. The van der Waals surface area contributed by atoms with Crippen LogP contribution in [0, 0.1) is 0 Å². The van der Waals surface area contributed by atoms with Crippen molar-refractivity contribution in [2.45, 2.75) is 13.0 Å². The number of para-hydroxylation sites is 2. The van der Waals surface area contributed by atoms with Crippen molar-refractivity contribution < 1.29 is 14.3 Å². The largest absolute Gasteiger partial charge is 0.493 e. The molecule has 0 fully saturated rings. The first-order chi connectivity index (χ1) is 14.6. The minimum absolute atomic E-state index is 0.158. The lowest BCUT2D eigenvalue weighted by Crippen LogP contribution is -2.19. The second-order valence-electron chi connectivity index (χ2n) is 7.25. The molecule has 154 valence electrons. The molecular formula is C24H25N3O3. The Balaban J connectivity index is 1.50. The lowest BCUT2D eigenvalue weighted by molar-refractivity contribution is 0.102. The molecule has 30 heavy (non-hydrogen) atoms. The number of ether oxygens (including phenoxy) is 2. The highest BCUT2D eigenvalue weighted by atomic mass is 16.5. The van der Waals surface area contributed by atoms with Gasteiger partial charge >= 0.3 is 0 Å². The zero-order valence-corrected chi connectivity index (χ0v) is 17.1. The summed E-state index contributed by atoms with van der Waals surface area (Å²) in [5.41, 5.74) is 11.2. The van der Waals surface area contributed by atoms with Crippen LogP contribution >= 0.6 is 0 Å². The molecule has 0 spiro atoms. The van der Waals surface area contributed by atoms with Crippen molar-refractivity contribution in [2.24, 2.45) is 0 Å². The Morgan fingerprint density at radius 3 is 2.60 bits per heavy atom. The second-order valence-corrected chi connectivity index (χ2v) is 7.25. The van der Waals surface area contributed by atoms with Crippen molar-refractivity contribution in [3.63, 3.8) is 0 Å². The van der Waals surface area contributed by atoms with Crippen LogP contribution in [0.3, 0.4) is 0 Å². The summed E-state index contributed by atoms with van der Waals surface area (Å²) in [6.07, 6.45) is 0.900. The lowest BCUT2D eigenvalue weighted by atomic mass is 10.1. The van der Waals surface area contributed by atoms with Gasteiger partial charge in [0.05, 0.1) is 25.6 Å². The van der Waals surface area contributed by atoms with Gasteiger partial charge in [-0.2, -0.15) is 0 Å². The number of hydrogen-bond donors (Lipinski definition) is 2. The molecule has 0 radical (unpaired) electrons. The number of rotatable bonds is 6. The highest BCUT2D eigenvalue weighted by Crippen LogP contribution is 2.33. The third-order valence-corrected chi connectivity index (χ3v) is 5.36. The molecular weight excluding hydrogens is 378 g/mol. The van der Waals surface area contributed by atoms with E-state index in [0.29, 0.717) is 16.9 Å². The zero-order valence-electron chi connectivity index (χ0n) is 17.1. The molecule has 3 aromatic carbocycles. The number of nitrogens with one attached hydrogen (secondary N) is 1. The van der Waals surface area contributed by atoms with Gasteiger partial charge in [0.25, 0.3) is 5.91 Å². The predicted molar refractivity (Wildman–Crippen MR) is 120 cm³/mol. The van der Waals surface area contributed by atoms with Crippen LogP contribution in [-0.2, 0) is 13.0 Å². The maximum absolute atomic E-state index is 12.7. The fourth-order valence-corrected chi connectivity index (χ4v) is 3.78. The molecule has 1 amide bonds. The third kappa shape index (κ3) is 3.89. The van der Waals surface area contributed by atoms with Crippen LogP contribution in [0.1, 0.15) is 21.5 Å². The Hall–Kier alpha value is -3.67. The second kappa shape index (κ2) is 8.37. The van der Waals surface area contributed by atoms with E-state index in [2.05, 4.69) is 10.2 Å². The Kier molecular flexibility index (Phi) is 5.48. The van der Waals surface area contributed by atoms with E-state index in [1.54, 1.807) is 26.4 Å². The summed E-state index contributed by atoms with van der Waals surface area (Å²) >= 11 is 0. The van der Waals surface area contributed by atoms with Gasteiger partial charge in [-0.25, -0.2) is 0 Å². The molecule has 4 rings (SSSR count). The van der Waals surface area contributed by atoms with Gasteiger partial charge in [-0.3, -0.25) is 4.79 Å². The van der Waals surface area contributed by atoms with Gasteiger partial charge in [-0.1, -0.05) is 18.2 Å². The van der Waals surface area contributed by atoms with Crippen molar-refractivity contribution >= 4 is 23.0 Å². The van der Waals surface area contributed by atoms with Crippen molar-refractivity contribution in [1.29, 1.82) is 0 Å². The fourth-order valence-electron chi connectivity index (χ4n) is 3.78. The molecule has 0 bridgehead atoms. The Morgan fingerprint density at radius 2 is 1.83 bits per heavy atom. The number of anilines is 3. The Morgan fingerprint density at radius 1 is 1.03 bits per heavy atom. The maximum atomic E-state index is 12.7. The van der Waals surface area contributed by atoms with Crippen LogP contribution in [0.25, 0.3) is 0 Å². The van der Waals surface area contributed by atoms with Gasteiger partial charge in [0.1, 0.15) is 0 Å². The first-order valence-electron chi connectivity index (χ1n) is 9.83. The molecule has 1 aliphatic heterocycles. The number of benzene rings is 3. The normalized spacial score (nSPS) is 12.4. The molecule has 0 saturated heterocycles. The van der Waals surface area contributed by atoms with Gasteiger partial charge in [-0.15, -0.1) is 0 Å².